The summed E-state index contributed by atoms with van der Waals surface area (Å²) in [6, 6.07) is 12.7. The van der Waals surface area contributed by atoms with Gasteiger partial charge < -0.3 is 5.11 Å². The number of aromatic amines is 1. The third kappa shape index (κ3) is 3.50. The number of phenols is 1. The van der Waals surface area contributed by atoms with Crippen LogP contribution in [0.3, 0.4) is 0 Å². The minimum atomic E-state index is -0.324. The summed E-state index contributed by atoms with van der Waals surface area (Å²) in [5.41, 5.74) is 4.60. The number of aromatic nitrogens is 3. The van der Waals surface area contributed by atoms with Crippen LogP contribution in [0.1, 0.15) is 16.8 Å². The summed E-state index contributed by atoms with van der Waals surface area (Å²) in [7, 11) is 0. The molecule has 0 amide bonds. The fraction of sp³-hybridized carbons (Fsp3) is 0.143. The summed E-state index contributed by atoms with van der Waals surface area (Å²) >= 11 is 1.30. The van der Waals surface area contributed by atoms with E-state index in [1.54, 1.807) is 30.5 Å². The van der Waals surface area contributed by atoms with Crippen molar-refractivity contribution in [3.63, 3.8) is 0 Å². The zero-order chi connectivity index (χ0) is 20.5. The Morgan fingerprint density at radius 3 is 2.66 bits per heavy atom. The highest BCUT2D eigenvalue weighted by molar-refractivity contribution is 7.12. The predicted octanol–water partition coefficient (Wildman–Crippen LogP) is 5.34. The number of hydrogen-bond donors (Lipinski definition) is 2. The van der Waals surface area contributed by atoms with Gasteiger partial charge in [-0.15, -0.1) is 16.5 Å². The average Bonchev–Trinajstić information content (AvgIpc) is 3.29. The van der Waals surface area contributed by atoms with Gasteiger partial charge in [-0.3, -0.25) is 9.89 Å². The van der Waals surface area contributed by atoms with Crippen LogP contribution in [0.5, 0.6) is 5.75 Å². The SMILES string of the molecule is Cc1cccc(N=Nc2c(C)[nH]n(-c3nc(-c4ccccc4O)cs3)c2=O)c1C. The van der Waals surface area contributed by atoms with Crippen molar-refractivity contribution >= 4 is 22.7 Å². The van der Waals surface area contributed by atoms with Crippen molar-refractivity contribution in [1.82, 2.24) is 14.8 Å². The first-order valence-electron chi connectivity index (χ1n) is 8.99. The molecular formula is C21H19N5O2S. The summed E-state index contributed by atoms with van der Waals surface area (Å²) in [5, 5.41) is 23.8. The second kappa shape index (κ2) is 7.48. The molecule has 0 aliphatic carbocycles. The van der Waals surface area contributed by atoms with E-state index in [0.29, 0.717) is 22.1 Å². The molecule has 0 radical (unpaired) electrons. The smallest absolute Gasteiger partial charge is 0.301 e. The number of para-hydroxylation sites is 1. The minimum Gasteiger partial charge on any atom is -0.507 e. The fourth-order valence-corrected chi connectivity index (χ4v) is 3.70. The molecule has 0 aliphatic heterocycles. The van der Waals surface area contributed by atoms with Crippen LogP contribution in [0, 0.1) is 20.8 Å². The molecule has 0 spiro atoms. The largest absolute Gasteiger partial charge is 0.507 e. The predicted molar refractivity (Wildman–Crippen MR) is 114 cm³/mol. The topological polar surface area (TPSA) is 95.6 Å². The Kier molecular flexibility index (Phi) is 4.85. The van der Waals surface area contributed by atoms with Crippen molar-refractivity contribution in [1.29, 1.82) is 0 Å². The van der Waals surface area contributed by atoms with E-state index >= 15 is 0 Å². The molecule has 0 saturated heterocycles. The summed E-state index contributed by atoms with van der Waals surface area (Å²) in [4.78, 5) is 17.4. The molecule has 0 saturated carbocycles. The Morgan fingerprint density at radius 1 is 1.07 bits per heavy atom. The maximum atomic E-state index is 12.9. The fourth-order valence-electron chi connectivity index (χ4n) is 2.92. The van der Waals surface area contributed by atoms with Crippen molar-refractivity contribution < 1.29 is 5.11 Å². The summed E-state index contributed by atoms with van der Waals surface area (Å²) < 4.78 is 1.35. The highest BCUT2D eigenvalue weighted by Gasteiger charge is 2.16. The molecule has 0 fully saturated rings. The molecule has 4 aromatic rings. The Labute approximate surface area is 171 Å². The molecule has 4 rings (SSSR count). The molecule has 0 unspecified atom stereocenters. The van der Waals surface area contributed by atoms with Crippen LogP contribution in [0.25, 0.3) is 16.4 Å². The Bertz CT molecular complexity index is 1280. The van der Waals surface area contributed by atoms with E-state index < -0.39 is 0 Å². The molecule has 2 N–H and O–H groups in total. The standard InChI is InChI=1S/C21H19N5O2S/c1-12-7-6-9-16(13(12)2)23-24-19-14(3)25-26(20(19)28)21-22-17(11-29-21)15-8-4-5-10-18(15)27/h4-11,25,27H,1-3H3. The van der Waals surface area contributed by atoms with Crippen LogP contribution < -0.4 is 5.56 Å². The molecular weight excluding hydrogens is 386 g/mol. The van der Waals surface area contributed by atoms with Crippen LogP contribution in [0.2, 0.25) is 0 Å². The number of azo groups is 1. The minimum absolute atomic E-state index is 0.141. The summed E-state index contributed by atoms with van der Waals surface area (Å²) in [5.74, 6) is 0.141. The van der Waals surface area contributed by atoms with E-state index in [9.17, 15) is 9.90 Å². The number of benzene rings is 2. The maximum absolute atomic E-state index is 12.9. The van der Waals surface area contributed by atoms with Crippen LogP contribution in [-0.2, 0) is 0 Å². The van der Waals surface area contributed by atoms with Crippen molar-refractivity contribution in [3.05, 3.63) is 75.0 Å². The first kappa shape index (κ1) is 18.8. The number of hydrogen-bond acceptors (Lipinski definition) is 6. The Morgan fingerprint density at radius 2 is 1.86 bits per heavy atom. The quantitative estimate of drug-likeness (QED) is 0.449. The van der Waals surface area contributed by atoms with Crippen molar-refractivity contribution in [2.24, 2.45) is 10.2 Å². The van der Waals surface area contributed by atoms with Crippen molar-refractivity contribution in [2.45, 2.75) is 20.8 Å². The van der Waals surface area contributed by atoms with Gasteiger partial charge in [-0.2, -0.15) is 9.80 Å². The molecule has 0 bridgehead atoms. The van der Waals surface area contributed by atoms with Gasteiger partial charge in [-0.1, -0.05) is 24.3 Å². The second-order valence-electron chi connectivity index (χ2n) is 6.68. The third-order valence-electron chi connectivity index (χ3n) is 4.74. The molecule has 146 valence electrons. The lowest BCUT2D eigenvalue weighted by molar-refractivity contribution is 0.477. The first-order chi connectivity index (χ1) is 14.0. The zero-order valence-electron chi connectivity index (χ0n) is 16.2. The van der Waals surface area contributed by atoms with Gasteiger partial charge in [0.15, 0.2) is 5.69 Å². The van der Waals surface area contributed by atoms with E-state index in [2.05, 4.69) is 20.3 Å². The highest BCUT2D eigenvalue weighted by Crippen LogP contribution is 2.30. The highest BCUT2D eigenvalue weighted by atomic mass is 32.1. The zero-order valence-corrected chi connectivity index (χ0v) is 17.0. The summed E-state index contributed by atoms with van der Waals surface area (Å²) in [6.07, 6.45) is 0. The summed E-state index contributed by atoms with van der Waals surface area (Å²) in [6.45, 7) is 5.75. The maximum Gasteiger partial charge on any atom is 0.301 e. The van der Waals surface area contributed by atoms with Gasteiger partial charge in [0.05, 0.1) is 17.1 Å². The second-order valence-corrected chi connectivity index (χ2v) is 7.51. The monoisotopic (exact) mass is 405 g/mol. The number of H-pyrrole nitrogens is 1. The lowest BCUT2D eigenvalue weighted by Gasteiger charge is -2.01. The molecule has 0 aliphatic rings. The molecule has 2 aromatic carbocycles. The van der Waals surface area contributed by atoms with Gasteiger partial charge in [-0.25, -0.2) is 4.98 Å². The molecule has 2 heterocycles. The molecule has 8 heteroatoms. The Hall–Kier alpha value is -3.52. The van der Waals surface area contributed by atoms with Gasteiger partial charge in [0.1, 0.15) is 5.75 Å². The molecule has 7 nitrogen and oxygen atoms in total. The van der Waals surface area contributed by atoms with E-state index in [4.69, 9.17) is 0 Å². The van der Waals surface area contributed by atoms with Crippen LogP contribution >= 0.6 is 11.3 Å². The number of aromatic hydroxyl groups is 1. The third-order valence-corrected chi connectivity index (χ3v) is 5.56. The van der Waals surface area contributed by atoms with Crippen molar-refractivity contribution in [2.75, 3.05) is 0 Å². The lowest BCUT2D eigenvalue weighted by atomic mass is 10.1. The number of phenolic OH excluding ortho intramolecular Hbond substituents is 1. The normalized spacial score (nSPS) is 11.4. The molecule has 0 atom stereocenters. The van der Waals surface area contributed by atoms with E-state index in [0.717, 1.165) is 16.8 Å². The van der Waals surface area contributed by atoms with Gasteiger partial charge >= 0.3 is 5.56 Å². The Balaban J connectivity index is 1.70. The van der Waals surface area contributed by atoms with E-state index in [-0.39, 0.29) is 17.0 Å². The number of nitrogens with zero attached hydrogens (tertiary/aromatic N) is 4. The van der Waals surface area contributed by atoms with Gasteiger partial charge in [0.25, 0.3) is 0 Å². The van der Waals surface area contributed by atoms with Gasteiger partial charge in [0, 0.05) is 10.9 Å². The van der Waals surface area contributed by atoms with E-state index in [1.807, 2.05) is 38.1 Å². The van der Waals surface area contributed by atoms with Gasteiger partial charge in [0.2, 0.25) is 5.13 Å². The number of nitrogens with one attached hydrogen (secondary N) is 1. The average molecular weight is 405 g/mol. The number of aryl methyl sites for hydroxylation is 2. The number of thiazole rings is 1. The van der Waals surface area contributed by atoms with Crippen LogP contribution in [0.4, 0.5) is 11.4 Å². The lowest BCUT2D eigenvalue weighted by Crippen LogP contribution is -2.13. The van der Waals surface area contributed by atoms with Gasteiger partial charge in [-0.05, 0) is 50.1 Å². The first-order valence-corrected chi connectivity index (χ1v) is 9.87. The number of rotatable bonds is 4. The van der Waals surface area contributed by atoms with Crippen molar-refractivity contribution in [3.8, 4) is 22.1 Å². The molecule has 2 aromatic heterocycles. The van der Waals surface area contributed by atoms with Crippen LogP contribution in [0.15, 0.2) is 62.9 Å². The van der Waals surface area contributed by atoms with Crippen LogP contribution in [-0.4, -0.2) is 19.9 Å². The van der Waals surface area contributed by atoms with E-state index in [1.165, 1.54) is 16.0 Å². The molecule has 29 heavy (non-hydrogen) atoms.